The summed E-state index contributed by atoms with van der Waals surface area (Å²) < 4.78 is 0. The molecule has 0 saturated heterocycles. The molecule has 0 bridgehead atoms. The quantitative estimate of drug-likeness (QED) is 0.540. The van der Waals surface area contributed by atoms with Gasteiger partial charge in [-0.1, -0.05) is 29.8 Å². The summed E-state index contributed by atoms with van der Waals surface area (Å²) in [5.41, 5.74) is 9.35. The molecule has 30 heavy (non-hydrogen) atoms. The van der Waals surface area contributed by atoms with Crippen molar-refractivity contribution in [3.8, 4) is 0 Å². The molecule has 1 aliphatic heterocycles. The molecular weight excluding hydrogens is 404 g/mol. The standard InChI is InChI=1S/C22H21ClN4O3/c23-13-5-6-16(24)19(11-13)26-20(28)8-10-27-9-7-18-15(12-27)21(22(29)30)14-3-1-2-4-17(14)25-18/h1-6,11H,7-10,12,24H2,(H,26,28)(H,29,30). The van der Waals surface area contributed by atoms with Crippen molar-refractivity contribution >= 4 is 45.8 Å². The number of carboxylic acids is 1. The van der Waals surface area contributed by atoms with Crippen LogP contribution in [0.25, 0.3) is 10.9 Å². The topological polar surface area (TPSA) is 109 Å². The van der Waals surface area contributed by atoms with E-state index < -0.39 is 5.97 Å². The Morgan fingerprint density at radius 2 is 2.03 bits per heavy atom. The number of carbonyl (C=O) groups is 2. The number of carboxylic acid groups (broad SMARTS) is 1. The normalized spacial score (nSPS) is 13.8. The number of nitrogen functional groups attached to an aromatic ring is 1. The Kier molecular flexibility index (Phi) is 5.57. The van der Waals surface area contributed by atoms with Crippen LogP contribution in [0, 0.1) is 0 Å². The lowest BCUT2D eigenvalue weighted by Crippen LogP contribution is -2.34. The number of nitrogens with two attached hydrogens (primary N) is 1. The second-order valence-corrected chi connectivity index (χ2v) is 7.73. The third-order valence-electron chi connectivity index (χ3n) is 5.28. The van der Waals surface area contributed by atoms with Crippen LogP contribution in [0.1, 0.15) is 28.0 Å². The molecular formula is C22H21ClN4O3. The fourth-order valence-electron chi connectivity index (χ4n) is 3.79. The van der Waals surface area contributed by atoms with Gasteiger partial charge in [-0.15, -0.1) is 0 Å². The van der Waals surface area contributed by atoms with Gasteiger partial charge in [0.1, 0.15) is 0 Å². The third kappa shape index (κ3) is 4.08. The summed E-state index contributed by atoms with van der Waals surface area (Å²) in [6, 6.07) is 12.2. The zero-order valence-corrected chi connectivity index (χ0v) is 16.9. The molecule has 4 rings (SSSR count). The van der Waals surface area contributed by atoms with Gasteiger partial charge in [0.25, 0.3) is 0 Å². The minimum absolute atomic E-state index is 0.176. The predicted octanol–water partition coefficient (Wildman–Crippen LogP) is 3.56. The fraction of sp³-hybridized carbons (Fsp3) is 0.227. The van der Waals surface area contributed by atoms with E-state index in [1.807, 2.05) is 18.2 Å². The van der Waals surface area contributed by atoms with Gasteiger partial charge in [0.2, 0.25) is 5.91 Å². The number of para-hydroxylation sites is 1. The molecule has 0 fully saturated rings. The van der Waals surface area contributed by atoms with E-state index in [1.54, 1.807) is 24.3 Å². The molecule has 1 aromatic heterocycles. The van der Waals surface area contributed by atoms with Crippen molar-refractivity contribution in [2.24, 2.45) is 0 Å². The highest BCUT2D eigenvalue weighted by Crippen LogP contribution is 2.28. The predicted molar refractivity (Wildman–Crippen MR) is 117 cm³/mol. The lowest BCUT2D eigenvalue weighted by molar-refractivity contribution is -0.116. The number of rotatable bonds is 5. The largest absolute Gasteiger partial charge is 0.478 e. The first-order valence-corrected chi connectivity index (χ1v) is 10.0. The number of nitrogens with one attached hydrogen (secondary N) is 1. The van der Waals surface area contributed by atoms with Crippen LogP contribution >= 0.6 is 11.6 Å². The minimum Gasteiger partial charge on any atom is -0.478 e. The van der Waals surface area contributed by atoms with Crippen molar-refractivity contribution in [3.63, 3.8) is 0 Å². The lowest BCUT2D eigenvalue weighted by Gasteiger charge is -2.29. The van der Waals surface area contributed by atoms with E-state index in [1.165, 1.54) is 0 Å². The van der Waals surface area contributed by atoms with Gasteiger partial charge in [-0.25, -0.2) is 4.79 Å². The number of aromatic carboxylic acids is 1. The molecule has 154 valence electrons. The molecule has 0 unspecified atom stereocenters. The van der Waals surface area contributed by atoms with Crippen LogP contribution in [0.4, 0.5) is 11.4 Å². The summed E-state index contributed by atoms with van der Waals surface area (Å²) in [6.07, 6.45) is 0.897. The average Bonchev–Trinajstić information content (AvgIpc) is 2.72. The Morgan fingerprint density at radius 3 is 2.83 bits per heavy atom. The van der Waals surface area contributed by atoms with Gasteiger partial charge in [-0.05, 0) is 24.3 Å². The summed E-state index contributed by atoms with van der Waals surface area (Å²) in [5, 5.41) is 13.7. The van der Waals surface area contributed by atoms with Crippen LogP contribution in [0.2, 0.25) is 5.02 Å². The average molecular weight is 425 g/mol. The van der Waals surface area contributed by atoms with E-state index in [4.69, 9.17) is 17.3 Å². The van der Waals surface area contributed by atoms with Crippen molar-refractivity contribution in [1.29, 1.82) is 0 Å². The van der Waals surface area contributed by atoms with Crippen LogP contribution < -0.4 is 11.1 Å². The molecule has 0 aliphatic carbocycles. The number of anilines is 2. The molecule has 0 radical (unpaired) electrons. The Labute approximate surface area is 178 Å². The molecule has 2 aromatic carbocycles. The zero-order valence-electron chi connectivity index (χ0n) is 16.2. The number of nitrogens with zero attached hydrogens (tertiary/aromatic N) is 2. The fourth-order valence-corrected chi connectivity index (χ4v) is 3.96. The molecule has 7 nitrogen and oxygen atoms in total. The minimum atomic E-state index is -0.958. The van der Waals surface area contributed by atoms with Gasteiger partial charge < -0.3 is 16.2 Å². The maximum absolute atomic E-state index is 12.4. The van der Waals surface area contributed by atoms with Gasteiger partial charge in [-0.2, -0.15) is 0 Å². The van der Waals surface area contributed by atoms with Gasteiger partial charge in [0.15, 0.2) is 0 Å². The number of fused-ring (bicyclic) bond motifs is 2. The van der Waals surface area contributed by atoms with Crippen molar-refractivity contribution in [2.75, 3.05) is 24.1 Å². The Bertz CT molecular complexity index is 1150. The van der Waals surface area contributed by atoms with Crippen molar-refractivity contribution in [1.82, 2.24) is 9.88 Å². The van der Waals surface area contributed by atoms with E-state index in [9.17, 15) is 14.7 Å². The first-order valence-electron chi connectivity index (χ1n) is 9.63. The molecule has 8 heteroatoms. The van der Waals surface area contributed by atoms with Crippen molar-refractivity contribution in [2.45, 2.75) is 19.4 Å². The van der Waals surface area contributed by atoms with Crippen molar-refractivity contribution < 1.29 is 14.7 Å². The van der Waals surface area contributed by atoms with Gasteiger partial charge >= 0.3 is 5.97 Å². The van der Waals surface area contributed by atoms with Crippen molar-refractivity contribution in [3.05, 3.63) is 64.3 Å². The van der Waals surface area contributed by atoms with Crippen LogP contribution in [0.15, 0.2) is 42.5 Å². The summed E-state index contributed by atoms with van der Waals surface area (Å²) in [4.78, 5) is 31.1. The number of hydrogen-bond acceptors (Lipinski definition) is 5. The molecule has 1 amide bonds. The number of hydrogen-bond donors (Lipinski definition) is 3. The number of benzene rings is 2. The third-order valence-corrected chi connectivity index (χ3v) is 5.52. The summed E-state index contributed by atoms with van der Waals surface area (Å²) >= 11 is 5.96. The number of aromatic nitrogens is 1. The SMILES string of the molecule is Nc1ccc(Cl)cc1NC(=O)CCN1CCc2nc3ccccc3c(C(=O)O)c2C1. The molecule has 4 N–H and O–H groups in total. The smallest absolute Gasteiger partial charge is 0.336 e. The Morgan fingerprint density at radius 1 is 1.23 bits per heavy atom. The molecule has 3 aromatic rings. The Balaban J connectivity index is 1.48. The van der Waals surface area contributed by atoms with Crippen LogP contribution in [-0.2, 0) is 17.8 Å². The second kappa shape index (κ2) is 8.30. The molecule has 0 saturated carbocycles. The second-order valence-electron chi connectivity index (χ2n) is 7.29. The molecule has 1 aliphatic rings. The van der Waals surface area contributed by atoms with E-state index in [0.717, 1.165) is 11.3 Å². The maximum atomic E-state index is 12.4. The maximum Gasteiger partial charge on any atom is 0.336 e. The van der Waals surface area contributed by atoms with E-state index in [0.29, 0.717) is 58.9 Å². The van der Waals surface area contributed by atoms with Crippen LogP contribution in [0.5, 0.6) is 0 Å². The Hall–Kier alpha value is -3.16. The van der Waals surface area contributed by atoms with Crippen LogP contribution in [0.3, 0.4) is 0 Å². The number of pyridine rings is 1. The zero-order chi connectivity index (χ0) is 21.3. The first kappa shape index (κ1) is 20.1. The van der Waals surface area contributed by atoms with Gasteiger partial charge in [-0.3, -0.25) is 14.7 Å². The molecule has 0 atom stereocenters. The summed E-state index contributed by atoms with van der Waals surface area (Å²) in [5.74, 6) is -1.13. The van der Waals surface area contributed by atoms with Gasteiger partial charge in [0, 0.05) is 54.1 Å². The summed E-state index contributed by atoms with van der Waals surface area (Å²) in [7, 11) is 0. The highest BCUT2D eigenvalue weighted by molar-refractivity contribution is 6.31. The highest BCUT2D eigenvalue weighted by Gasteiger charge is 2.25. The highest BCUT2D eigenvalue weighted by atomic mass is 35.5. The van der Waals surface area contributed by atoms with E-state index in [-0.39, 0.29) is 12.3 Å². The van der Waals surface area contributed by atoms with E-state index in [2.05, 4.69) is 15.2 Å². The number of amides is 1. The monoisotopic (exact) mass is 424 g/mol. The lowest BCUT2D eigenvalue weighted by atomic mass is 9.95. The summed E-state index contributed by atoms with van der Waals surface area (Å²) in [6.45, 7) is 1.66. The number of halogens is 1. The van der Waals surface area contributed by atoms with E-state index >= 15 is 0 Å². The van der Waals surface area contributed by atoms with Crippen LogP contribution in [-0.4, -0.2) is 40.0 Å². The van der Waals surface area contributed by atoms with Gasteiger partial charge in [0.05, 0.1) is 22.5 Å². The molecule has 0 spiro atoms. The first-order chi connectivity index (χ1) is 14.4. The molecule has 2 heterocycles. The number of carbonyl (C=O) groups excluding carboxylic acids is 1.